The molecule has 17 heteroatoms. The maximum absolute atomic E-state index is 9.64. The zero-order valence-electron chi connectivity index (χ0n) is 31.2. The van der Waals surface area contributed by atoms with Crippen molar-refractivity contribution >= 4 is 58.2 Å². The van der Waals surface area contributed by atoms with E-state index in [2.05, 4.69) is 74.1 Å². The summed E-state index contributed by atoms with van der Waals surface area (Å²) < 4.78 is 0. The van der Waals surface area contributed by atoms with Crippen LogP contribution >= 0.6 is 11.9 Å². The smallest absolute Gasteiger partial charge is 0.233 e. The Kier molecular flexibility index (Phi) is 17.0. The molecule has 1 heterocycles. The van der Waals surface area contributed by atoms with Crippen LogP contribution in [0.1, 0.15) is 47.5 Å². The summed E-state index contributed by atoms with van der Waals surface area (Å²) in [7, 11) is 3.50. The minimum atomic E-state index is -0.310. The van der Waals surface area contributed by atoms with Crippen molar-refractivity contribution in [1.82, 2.24) is 15.0 Å². The number of rotatable bonds is 7. The summed E-state index contributed by atoms with van der Waals surface area (Å²) in [6.07, 6.45) is 6.13. The van der Waals surface area contributed by atoms with Gasteiger partial charge in [0, 0.05) is 65.0 Å². The molecule has 5 rings (SSSR count). The second-order valence-electron chi connectivity index (χ2n) is 12.2. The normalized spacial score (nSPS) is 16.6. The fraction of sp³-hybridized carbons (Fsp3) is 0.306. The van der Waals surface area contributed by atoms with E-state index in [4.69, 9.17) is 28.1 Å². The lowest BCUT2D eigenvalue weighted by Gasteiger charge is -2.23. The summed E-state index contributed by atoms with van der Waals surface area (Å²) in [6, 6.07) is 14.4. The zero-order chi connectivity index (χ0) is 39.7. The fourth-order valence-corrected chi connectivity index (χ4v) is 5.21. The molecule has 1 aliphatic carbocycles. The van der Waals surface area contributed by atoms with Crippen LogP contribution in [0.2, 0.25) is 0 Å². The van der Waals surface area contributed by atoms with E-state index in [1.807, 2.05) is 38.1 Å². The van der Waals surface area contributed by atoms with E-state index in [9.17, 15) is 15.3 Å². The van der Waals surface area contributed by atoms with Crippen LogP contribution in [-0.2, 0) is 0 Å². The van der Waals surface area contributed by atoms with Gasteiger partial charge in [0.2, 0.25) is 17.8 Å². The highest BCUT2D eigenvalue weighted by molar-refractivity contribution is 7.97. The number of phenolic OH excluding ortho intramolecular Hbond substituents is 3. The van der Waals surface area contributed by atoms with Gasteiger partial charge in [0.15, 0.2) is 5.69 Å². The third-order valence-electron chi connectivity index (χ3n) is 6.94. The molecule has 0 unspecified atom stereocenters. The van der Waals surface area contributed by atoms with Gasteiger partial charge < -0.3 is 54.2 Å². The molecular formula is C36H53N13O3S. The minimum absolute atomic E-state index is 0.00824. The van der Waals surface area contributed by atoms with Gasteiger partial charge in [0.25, 0.3) is 0 Å². The van der Waals surface area contributed by atoms with Gasteiger partial charge in [-0.2, -0.15) is 15.0 Å². The quantitative estimate of drug-likeness (QED) is 0.0506. The lowest BCUT2D eigenvalue weighted by Crippen LogP contribution is -2.17. The van der Waals surface area contributed by atoms with Gasteiger partial charge in [0.1, 0.15) is 22.9 Å². The molecule has 16 N–H and O–H groups in total. The molecule has 0 radical (unpaired) electrons. The predicted octanol–water partition coefficient (Wildman–Crippen LogP) is 7.20. The molecule has 286 valence electrons. The fourth-order valence-electron chi connectivity index (χ4n) is 4.88. The Morgan fingerprint density at radius 3 is 1.79 bits per heavy atom. The predicted molar refractivity (Wildman–Crippen MR) is 218 cm³/mol. The lowest BCUT2D eigenvalue weighted by atomic mass is 9.85. The molecule has 16 nitrogen and oxygen atoms in total. The van der Waals surface area contributed by atoms with E-state index in [-0.39, 0.29) is 39.7 Å². The number of allylic oxidation sites excluding steroid dienone is 4. The topological polar surface area (TPSA) is 290 Å². The van der Waals surface area contributed by atoms with E-state index in [1.54, 1.807) is 20.2 Å². The van der Waals surface area contributed by atoms with Crippen molar-refractivity contribution in [2.75, 3.05) is 41.5 Å². The van der Waals surface area contributed by atoms with Gasteiger partial charge in [-0.3, -0.25) is 5.14 Å². The number of aromatic nitrogens is 3. The van der Waals surface area contributed by atoms with Crippen LogP contribution in [-0.4, -0.2) is 44.4 Å². The van der Waals surface area contributed by atoms with E-state index in [0.717, 1.165) is 41.9 Å². The molecule has 0 saturated heterocycles. The third-order valence-corrected chi connectivity index (χ3v) is 7.47. The molecule has 0 aliphatic heterocycles. The second kappa shape index (κ2) is 20.8. The van der Waals surface area contributed by atoms with E-state index in [0.29, 0.717) is 34.3 Å². The van der Waals surface area contributed by atoms with Gasteiger partial charge in [-0.15, -0.1) is 10.2 Å². The van der Waals surface area contributed by atoms with Crippen LogP contribution in [0.25, 0.3) is 0 Å². The molecule has 0 amide bonds. The highest BCUT2D eigenvalue weighted by atomic mass is 32.2. The van der Waals surface area contributed by atoms with Crippen molar-refractivity contribution in [3.63, 3.8) is 0 Å². The second-order valence-corrected chi connectivity index (χ2v) is 12.9. The van der Waals surface area contributed by atoms with Crippen LogP contribution in [0.3, 0.4) is 0 Å². The number of nitrogens with two attached hydrogens (primary N) is 5. The van der Waals surface area contributed by atoms with Crippen molar-refractivity contribution < 1.29 is 15.3 Å². The first kappa shape index (κ1) is 43.2. The number of hydrogen-bond donors (Lipinski definition) is 11. The number of benzene rings is 3. The molecule has 3 aromatic carbocycles. The highest BCUT2D eigenvalue weighted by Crippen LogP contribution is 2.40. The number of azo groups is 1. The van der Waals surface area contributed by atoms with Crippen LogP contribution in [0.4, 0.5) is 46.3 Å². The third kappa shape index (κ3) is 14.7. The average Bonchev–Trinajstić information content (AvgIpc) is 3.08. The molecule has 0 spiro atoms. The van der Waals surface area contributed by atoms with E-state index >= 15 is 0 Å². The average molecular weight is 748 g/mol. The molecule has 4 aromatic rings. The van der Waals surface area contributed by atoms with Crippen LogP contribution in [0, 0.1) is 11.3 Å². The summed E-state index contributed by atoms with van der Waals surface area (Å²) in [5.41, 5.74) is 26.7. The number of nitrogens with zero attached hydrogens (tertiary/aromatic N) is 5. The molecular weight excluding hydrogens is 695 g/mol. The van der Waals surface area contributed by atoms with Crippen molar-refractivity contribution in [1.29, 1.82) is 0 Å². The van der Waals surface area contributed by atoms with Gasteiger partial charge >= 0.3 is 0 Å². The molecule has 1 aliphatic rings. The first-order valence-electron chi connectivity index (χ1n) is 16.7. The summed E-state index contributed by atoms with van der Waals surface area (Å²) >= 11 is 0.994. The molecule has 0 fully saturated rings. The number of hydrogen-bond acceptors (Lipinski definition) is 17. The van der Waals surface area contributed by atoms with Gasteiger partial charge in [-0.25, -0.2) is 0 Å². The first-order valence-corrected chi connectivity index (χ1v) is 17.6. The Morgan fingerprint density at radius 2 is 1.28 bits per heavy atom. The van der Waals surface area contributed by atoms with E-state index in [1.165, 1.54) is 24.3 Å². The zero-order valence-corrected chi connectivity index (χ0v) is 32.0. The highest BCUT2D eigenvalue weighted by Gasteiger charge is 2.18. The van der Waals surface area contributed by atoms with Crippen molar-refractivity contribution in [3.8, 4) is 17.2 Å². The first-order chi connectivity index (χ1) is 25.1. The van der Waals surface area contributed by atoms with Crippen LogP contribution in [0.5, 0.6) is 17.2 Å². The van der Waals surface area contributed by atoms with Gasteiger partial charge in [0.05, 0.1) is 0 Å². The van der Waals surface area contributed by atoms with Crippen LogP contribution < -0.4 is 44.0 Å². The summed E-state index contributed by atoms with van der Waals surface area (Å²) in [5, 5.41) is 50.6. The van der Waals surface area contributed by atoms with Crippen molar-refractivity contribution in [2.45, 2.75) is 52.4 Å². The summed E-state index contributed by atoms with van der Waals surface area (Å²) in [5.74, 6) is 1.26. The van der Waals surface area contributed by atoms with Crippen molar-refractivity contribution in [3.05, 3.63) is 78.1 Å². The molecule has 1 aromatic heterocycles. The molecule has 53 heavy (non-hydrogen) atoms. The number of phenols is 3. The van der Waals surface area contributed by atoms with Gasteiger partial charge in [-0.05, 0) is 67.1 Å². The van der Waals surface area contributed by atoms with Gasteiger partial charge in [-0.1, -0.05) is 52.8 Å². The maximum atomic E-state index is 9.64. The Labute approximate surface area is 315 Å². The minimum Gasteiger partial charge on any atom is -0.506 e. The standard InChI is InChI=1S/C12H12N4O3S.C11H15N7.C11H20N2.C2H6/c13-6-3-10(18)12(11(19)4-6)16-15-8-5-7(20-14)1-2-9(8)17;1-13-9-16-10(14-2)18-11(17-9)15-8-5-3-4-7(12)6-8;1-8-4-9(12)6-11(2,3)7-10(13)5-8;1-2/h1-5,17-19H,13-14H2;3-6H,12H2,1-2H3,(H3,13,14,15,16,17,18);6-8H,4-5,12-13H2,1-3H3;1-2H3/b;;9-6+,10-7+;. The lowest BCUT2D eigenvalue weighted by molar-refractivity contribution is 0.453. The largest absolute Gasteiger partial charge is 0.506 e. The number of anilines is 6. The Bertz CT molecular complexity index is 1810. The van der Waals surface area contributed by atoms with E-state index < -0.39 is 0 Å². The summed E-state index contributed by atoms with van der Waals surface area (Å²) in [4.78, 5) is 13.2. The molecule has 0 saturated carbocycles. The van der Waals surface area contributed by atoms with Crippen LogP contribution in [0.15, 0.2) is 93.3 Å². The number of nitrogen functional groups attached to an aromatic ring is 2. The number of aromatic hydroxyl groups is 3. The monoisotopic (exact) mass is 747 g/mol. The Balaban J connectivity index is 0.000000274. The molecule has 0 atom stereocenters. The molecule has 0 bridgehead atoms. The SMILES string of the molecule is CC.CC1C/C(N)=C\C(C)(C)/C=C(/N)C1.CNc1nc(NC)nc(Nc2cccc(N)c2)n1.NSc1ccc(O)c(N=Nc2c(O)cc(N)cc2O)c1. The van der Waals surface area contributed by atoms with Crippen molar-refractivity contribution in [2.24, 2.45) is 38.2 Å². The number of nitrogens with one attached hydrogen (secondary N) is 3. The maximum Gasteiger partial charge on any atom is 0.233 e. The Morgan fingerprint density at radius 1 is 0.736 bits per heavy atom. The Hall–Kier alpha value is -5.94. The summed E-state index contributed by atoms with van der Waals surface area (Å²) in [6.45, 7) is 10.4.